The summed E-state index contributed by atoms with van der Waals surface area (Å²) in [5.41, 5.74) is 1.67. The third kappa shape index (κ3) is 4.27. The highest BCUT2D eigenvalue weighted by atomic mass is 28.3. The van der Waals surface area contributed by atoms with Gasteiger partial charge in [0.25, 0.3) is 0 Å². The van der Waals surface area contributed by atoms with Crippen LogP contribution in [0.1, 0.15) is 22.2 Å². The maximum Gasteiger partial charge on any atom is 0.335 e. The van der Waals surface area contributed by atoms with E-state index in [9.17, 15) is 9.90 Å². The normalized spacial score (nSPS) is 16.0. The van der Waals surface area contributed by atoms with Gasteiger partial charge in [-0.2, -0.15) is 5.10 Å². The Bertz CT molecular complexity index is 762. The molecule has 0 amide bonds. The Morgan fingerprint density at radius 2 is 2.08 bits per heavy atom. The fourth-order valence-electron chi connectivity index (χ4n) is 2.73. The van der Waals surface area contributed by atoms with E-state index in [1.165, 1.54) is 0 Å². The van der Waals surface area contributed by atoms with E-state index in [-0.39, 0.29) is 5.56 Å². The van der Waals surface area contributed by atoms with Gasteiger partial charge in [-0.15, -0.1) is 0 Å². The van der Waals surface area contributed by atoms with E-state index in [1.807, 2.05) is 0 Å². The van der Waals surface area contributed by atoms with Crippen molar-refractivity contribution in [2.45, 2.75) is 38.7 Å². The van der Waals surface area contributed by atoms with Crippen LogP contribution in [-0.4, -0.2) is 48.8 Å². The van der Waals surface area contributed by atoms with Crippen LogP contribution >= 0.6 is 0 Å². The maximum atomic E-state index is 11.4. The van der Waals surface area contributed by atoms with Crippen LogP contribution in [0.25, 0.3) is 10.9 Å². The van der Waals surface area contributed by atoms with Crippen LogP contribution in [0.3, 0.4) is 0 Å². The van der Waals surface area contributed by atoms with Crippen LogP contribution in [0, 0.1) is 0 Å². The molecule has 0 radical (unpaired) electrons. The SMILES string of the molecule is C[Si](C)(C)CCOCn1ncc2cc(C(=O)O)cc(C3OCCO3)c21. The first kappa shape index (κ1) is 18.1. The molecule has 2 heterocycles. The van der Waals surface area contributed by atoms with Gasteiger partial charge in [0.15, 0.2) is 6.29 Å². The molecule has 0 saturated carbocycles. The Morgan fingerprint density at radius 1 is 1.36 bits per heavy atom. The van der Waals surface area contributed by atoms with Crippen molar-refractivity contribution in [1.82, 2.24) is 9.78 Å². The number of aromatic carboxylic acids is 1. The van der Waals surface area contributed by atoms with Crippen LogP contribution in [0.2, 0.25) is 25.7 Å². The molecule has 2 aromatic rings. The van der Waals surface area contributed by atoms with Gasteiger partial charge in [0.2, 0.25) is 0 Å². The van der Waals surface area contributed by atoms with Crippen molar-refractivity contribution in [3.63, 3.8) is 0 Å². The summed E-state index contributed by atoms with van der Waals surface area (Å²) in [6.07, 6.45) is 1.08. The molecule has 1 N–H and O–H groups in total. The Balaban J connectivity index is 1.88. The molecule has 0 bridgehead atoms. The number of hydrogen-bond acceptors (Lipinski definition) is 5. The van der Waals surface area contributed by atoms with Crippen LogP contribution < -0.4 is 0 Å². The zero-order valence-corrected chi connectivity index (χ0v) is 15.8. The van der Waals surface area contributed by atoms with E-state index in [0.717, 1.165) is 16.9 Å². The highest BCUT2D eigenvalue weighted by molar-refractivity contribution is 6.76. The summed E-state index contributed by atoms with van der Waals surface area (Å²) in [6, 6.07) is 4.29. The van der Waals surface area contributed by atoms with Crippen molar-refractivity contribution in [2.24, 2.45) is 0 Å². The lowest BCUT2D eigenvalue weighted by molar-refractivity contribution is -0.0434. The Labute approximate surface area is 147 Å². The zero-order valence-electron chi connectivity index (χ0n) is 14.8. The maximum absolute atomic E-state index is 11.4. The highest BCUT2D eigenvalue weighted by Crippen LogP contribution is 2.31. The number of carboxylic acid groups (broad SMARTS) is 1. The smallest absolute Gasteiger partial charge is 0.335 e. The molecule has 136 valence electrons. The van der Waals surface area contributed by atoms with Crippen LogP contribution in [0.15, 0.2) is 18.3 Å². The van der Waals surface area contributed by atoms with Crippen molar-refractivity contribution in [3.05, 3.63) is 29.5 Å². The Morgan fingerprint density at radius 3 is 2.72 bits per heavy atom. The number of rotatable bonds is 7. The lowest BCUT2D eigenvalue weighted by Gasteiger charge is -2.16. The Hall–Kier alpha value is -1.74. The fourth-order valence-corrected chi connectivity index (χ4v) is 3.49. The number of ether oxygens (including phenoxy) is 3. The summed E-state index contributed by atoms with van der Waals surface area (Å²) in [6.45, 7) is 8.91. The van der Waals surface area contributed by atoms with E-state index in [0.29, 0.717) is 32.1 Å². The summed E-state index contributed by atoms with van der Waals surface area (Å²) < 4.78 is 18.7. The van der Waals surface area contributed by atoms with Crippen molar-refractivity contribution >= 4 is 24.9 Å². The van der Waals surface area contributed by atoms with E-state index in [4.69, 9.17) is 14.2 Å². The van der Waals surface area contributed by atoms with Crippen LogP contribution in [0.5, 0.6) is 0 Å². The summed E-state index contributed by atoms with van der Waals surface area (Å²) in [5.74, 6) is -0.986. The number of nitrogens with zero attached hydrogens (tertiary/aromatic N) is 2. The first-order chi connectivity index (χ1) is 11.8. The first-order valence-electron chi connectivity index (χ1n) is 8.39. The molecule has 7 nitrogen and oxygen atoms in total. The Kier molecular flexibility index (Phi) is 5.23. The number of fused-ring (bicyclic) bond motifs is 1. The summed E-state index contributed by atoms with van der Waals surface area (Å²) in [7, 11) is -1.15. The predicted octanol–water partition coefficient (Wildman–Crippen LogP) is 3.09. The van der Waals surface area contributed by atoms with Gasteiger partial charge in [0.05, 0.1) is 30.5 Å². The number of hydrogen-bond donors (Lipinski definition) is 1. The van der Waals surface area contributed by atoms with Gasteiger partial charge in [-0.1, -0.05) is 19.6 Å². The van der Waals surface area contributed by atoms with E-state index in [1.54, 1.807) is 23.0 Å². The molecule has 0 atom stereocenters. The molecule has 25 heavy (non-hydrogen) atoms. The molecule has 1 saturated heterocycles. The van der Waals surface area contributed by atoms with E-state index in [2.05, 4.69) is 24.7 Å². The quantitative estimate of drug-likeness (QED) is 0.600. The topological polar surface area (TPSA) is 82.8 Å². The number of carboxylic acids is 1. The molecule has 1 aliphatic rings. The minimum atomic E-state index is -1.15. The number of aromatic nitrogens is 2. The molecule has 1 aromatic carbocycles. The second kappa shape index (κ2) is 7.25. The van der Waals surface area contributed by atoms with Gasteiger partial charge in [0, 0.05) is 25.6 Å². The molecular weight excluding hydrogens is 340 g/mol. The highest BCUT2D eigenvalue weighted by Gasteiger charge is 2.25. The van der Waals surface area contributed by atoms with Crippen molar-refractivity contribution in [1.29, 1.82) is 0 Å². The largest absolute Gasteiger partial charge is 0.478 e. The number of benzene rings is 1. The molecular formula is C17H24N2O5Si. The zero-order chi connectivity index (χ0) is 18.0. The predicted molar refractivity (Wildman–Crippen MR) is 95.4 cm³/mol. The van der Waals surface area contributed by atoms with Gasteiger partial charge in [-0.3, -0.25) is 0 Å². The van der Waals surface area contributed by atoms with Crippen molar-refractivity contribution in [2.75, 3.05) is 19.8 Å². The molecule has 1 aliphatic heterocycles. The molecule has 0 unspecified atom stereocenters. The molecule has 1 fully saturated rings. The molecule has 0 spiro atoms. The monoisotopic (exact) mass is 364 g/mol. The van der Waals surface area contributed by atoms with Crippen LogP contribution in [-0.2, 0) is 20.9 Å². The first-order valence-corrected chi connectivity index (χ1v) is 12.1. The van der Waals surface area contributed by atoms with Crippen LogP contribution in [0.4, 0.5) is 0 Å². The van der Waals surface area contributed by atoms with Gasteiger partial charge in [-0.25, -0.2) is 9.48 Å². The molecule has 8 heteroatoms. The van der Waals surface area contributed by atoms with Gasteiger partial charge in [-0.05, 0) is 18.2 Å². The number of carbonyl (C=O) groups is 1. The van der Waals surface area contributed by atoms with Gasteiger partial charge in [0.1, 0.15) is 6.73 Å². The third-order valence-electron chi connectivity index (χ3n) is 4.10. The second-order valence-electron chi connectivity index (χ2n) is 7.37. The van der Waals surface area contributed by atoms with E-state index < -0.39 is 20.3 Å². The van der Waals surface area contributed by atoms with Gasteiger partial charge >= 0.3 is 5.97 Å². The van der Waals surface area contributed by atoms with Crippen molar-refractivity contribution in [3.8, 4) is 0 Å². The van der Waals surface area contributed by atoms with E-state index >= 15 is 0 Å². The summed E-state index contributed by atoms with van der Waals surface area (Å²) in [4.78, 5) is 11.4. The summed E-state index contributed by atoms with van der Waals surface area (Å²) in [5, 5.41) is 14.4. The average Bonchev–Trinajstić information content (AvgIpc) is 3.19. The van der Waals surface area contributed by atoms with Crippen molar-refractivity contribution < 1.29 is 24.1 Å². The molecule has 0 aliphatic carbocycles. The summed E-state index contributed by atoms with van der Waals surface area (Å²) >= 11 is 0. The lowest BCUT2D eigenvalue weighted by Crippen LogP contribution is -2.22. The molecule has 1 aromatic heterocycles. The van der Waals surface area contributed by atoms with Gasteiger partial charge < -0.3 is 19.3 Å². The standard InChI is InChI=1S/C17H24N2O5Si/c1-25(2,3)7-6-22-11-19-15-13(10-18-19)8-12(16(20)21)9-14(15)17-23-4-5-24-17/h8-10,17H,4-7,11H2,1-3H3,(H,20,21). The minimum absolute atomic E-state index is 0.195. The fraction of sp³-hybridized carbons (Fsp3) is 0.529. The molecule has 3 rings (SSSR count). The minimum Gasteiger partial charge on any atom is -0.478 e. The lowest BCUT2D eigenvalue weighted by atomic mass is 10.1. The average molecular weight is 364 g/mol. The third-order valence-corrected chi connectivity index (χ3v) is 5.80. The second-order valence-corrected chi connectivity index (χ2v) is 13.0.